The Morgan fingerprint density at radius 2 is 2.14 bits per heavy atom. The first-order valence-corrected chi connectivity index (χ1v) is 9.05. The van der Waals surface area contributed by atoms with Crippen LogP contribution in [-0.4, -0.2) is 37.6 Å². The molecule has 0 spiro atoms. The summed E-state index contributed by atoms with van der Waals surface area (Å²) in [4.78, 5) is 22.9. The molecule has 0 aliphatic heterocycles. The SMILES string of the molecule is N#Cc1nc[nH]c1NC(=O)c1ccc(NCC2(c3ncccc3F)CCC2)nn1. The van der Waals surface area contributed by atoms with Gasteiger partial charge in [-0.1, -0.05) is 6.42 Å². The Balaban J connectivity index is 1.41. The molecule has 1 amide bonds. The van der Waals surface area contributed by atoms with Gasteiger partial charge < -0.3 is 15.6 Å². The molecule has 1 saturated carbocycles. The van der Waals surface area contributed by atoms with E-state index in [0.717, 1.165) is 19.3 Å². The van der Waals surface area contributed by atoms with Crippen molar-refractivity contribution in [3.8, 4) is 6.07 Å². The number of H-pyrrole nitrogens is 1. The maximum atomic E-state index is 14.2. The number of carbonyl (C=O) groups is 1. The van der Waals surface area contributed by atoms with Crippen LogP contribution in [0, 0.1) is 17.1 Å². The lowest BCUT2D eigenvalue weighted by atomic mass is 9.66. The summed E-state index contributed by atoms with van der Waals surface area (Å²) in [6.45, 7) is 0.473. The van der Waals surface area contributed by atoms with Crippen molar-refractivity contribution in [3.63, 3.8) is 0 Å². The van der Waals surface area contributed by atoms with Crippen molar-refractivity contribution in [2.45, 2.75) is 24.7 Å². The zero-order chi connectivity index (χ0) is 20.3. The van der Waals surface area contributed by atoms with Crippen LogP contribution in [0.3, 0.4) is 0 Å². The number of rotatable bonds is 6. The lowest BCUT2D eigenvalue weighted by Gasteiger charge is -2.41. The van der Waals surface area contributed by atoms with E-state index in [4.69, 9.17) is 5.26 Å². The number of anilines is 2. The fourth-order valence-corrected chi connectivity index (χ4v) is 3.34. The van der Waals surface area contributed by atoms with Gasteiger partial charge in [-0.2, -0.15) is 5.26 Å². The van der Waals surface area contributed by atoms with Crippen LogP contribution < -0.4 is 10.6 Å². The molecule has 1 aliphatic carbocycles. The molecule has 0 saturated heterocycles. The van der Waals surface area contributed by atoms with Gasteiger partial charge in [-0.25, -0.2) is 9.37 Å². The fourth-order valence-electron chi connectivity index (χ4n) is 3.34. The summed E-state index contributed by atoms with van der Waals surface area (Å²) >= 11 is 0. The number of imidazole rings is 1. The molecule has 0 bridgehead atoms. The van der Waals surface area contributed by atoms with E-state index in [2.05, 4.69) is 35.8 Å². The van der Waals surface area contributed by atoms with Crippen LogP contribution in [0.15, 0.2) is 36.8 Å². The molecular weight excluding hydrogens is 375 g/mol. The number of hydrogen-bond donors (Lipinski definition) is 3. The van der Waals surface area contributed by atoms with Gasteiger partial charge in [-0.3, -0.25) is 9.78 Å². The molecule has 10 heteroatoms. The van der Waals surface area contributed by atoms with Gasteiger partial charge in [0, 0.05) is 18.2 Å². The van der Waals surface area contributed by atoms with E-state index >= 15 is 0 Å². The van der Waals surface area contributed by atoms with E-state index < -0.39 is 5.91 Å². The molecule has 4 rings (SSSR count). The highest BCUT2D eigenvalue weighted by Gasteiger charge is 2.41. The quantitative estimate of drug-likeness (QED) is 0.587. The average Bonchev–Trinajstić information content (AvgIpc) is 3.16. The molecule has 146 valence electrons. The van der Waals surface area contributed by atoms with Crippen molar-refractivity contribution >= 4 is 17.5 Å². The number of pyridine rings is 1. The second-order valence-corrected chi connectivity index (χ2v) is 6.82. The molecule has 3 aromatic rings. The Labute approximate surface area is 165 Å². The van der Waals surface area contributed by atoms with Crippen molar-refractivity contribution in [1.29, 1.82) is 5.26 Å². The Hall–Kier alpha value is -3.87. The van der Waals surface area contributed by atoms with Crippen molar-refractivity contribution < 1.29 is 9.18 Å². The summed E-state index contributed by atoms with van der Waals surface area (Å²) in [5, 5.41) is 22.6. The monoisotopic (exact) mass is 392 g/mol. The van der Waals surface area contributed by atoms with Gasteiger partial charge in [0.15, 0.2) is 11.4 Å². The Bertz CT molecular complexity index is 1070. The second kappa shape index (κ2) is 7.63. The minimum absolute atomic E-state index is 0.0807. The Morgan fingerprint density at radius 1 is 1.28 bits per heavy atom. The van der Waals surface area contributed by atoms with Gasteiger partial charge in [0.25, 0.3) is 5.91 Å². The molecule has 1 aliphatic rings. The zero-order valence-corrected chi connectivity index (χ0v) is 15.3. The number of carbonyl (C=O) groups excluding carboxylic acids is 1. The Morgan fingerprint density at radius 3 is 2.79 bits per heavy atom. The maximum Gasteiger partial charge on any atom is 0.277 e. The molecule has 29 heavy (non-hydrogen) atoms. The van der Waals surface area contributed by atoms with E-state index in [-0.39, 0.29) is 28.4 Å². The highest BCUT2D eigenvalue weighted by molar-refractivity contribution is 6.02. The number of aromatic amines is 1. The normalized spacial score (nSPS) is 14.5. The van der Waals surface area contributed by atoms with E-state index in [1.807, 2.05) is 6.07 Å². The van der Waals surface area contributed by atoms with Crippen LogP contribution in [0.25, 0.3) is 0 Å². The summed E-state index contributed by atoms with van der Waals surface area (Å²) in [6.07, 6.45) is 5.61. The standard InChI is InChI=1S/C19H17FN8O/c20-12-3-1-8-22-16(12)19(6-2-7-19)10-23-15-5-4-13(27-28-15)18(29)26-17-14(9-21)24-11-25-17/h1,3-5,8,11H,2,6-7,10H2,(H,23,28)(H,24,25)(H,26,29). The van der Waals surface area contributed by atoms with E-state index in [1.165, 1.54) is 18.5 Å². The predicted octanol–water partition coefficient (Wildman–Crippen LogP) is 2.39. The van der Waals surface area contributed by atoms with Crippen molar-refractivity contribution in [3.05, 3.63) is 59.7 Å². The first-order chi connectivity index (χ1) is 14.1. The molecule has 1 fully saturated rings. The topological polar surface area (TPSA) is 132 Å². The molecule has 0 atom stereocenters. The third kappa shape index (κ3) is 3.62. The highest BCUT2D eigenvalue weighted by Crippen LogP contribution is 2.43. The molecular formula is C19H17FN8O. The number of halogens is 1. The third-order valence-corrected chi connectivity index (χ3v) is 5.06. The number of hydrogen-bond acceptors (Lipinski definition) is 7. The summed E-state index contributed by atoms with van der Waals surface area (Å²) in [7, 11) is 0. The summed E-state index contributed by atoms with van der Waals surface area (Å²) in [5.74, 6) is -0.146. The van der Waals surface area contributed by atoms with Crippen LogP contribution >= 0.6 is 0 Å². The first kappa shape index (κ1) is 18.5. The lowest BCUT2D eigenvalue weighted by Crippen LogP contribution is -2.42. The van der Waals surface area contributed by atoms with E-state index in [9.17, 15) is 9.18 Å². The highest BCUT2D eigenvalue weighted by atomic mass is 19.1. The molecule has 3 aromatic heterocycles. The number of amides is 1. The first-order valence-electron chi connectivity index (χ1n) is 9.05. The van der Waals surface area contributed by atoms with Crippen LogP contribution in [0.2, 0.25) is 0 Å². The summed E-state index contributed by atoms with van der Waals surface area (Å²) < 4.78 is 14.2. The van der Waals surface area contributed by atoms with E-state index in [1.54, 1.807) is 18.3 Å². The minimum atomic E-state index is -0.518. The predicted molar refractivity (Wildman–Crippen MR) is 102 cm³/mol. The van der Waals surface area contributed by atoms with Gasteiger partial charge in [0.2, 0.25) is 0 Å². The van der Waals surface area contributed by atoms with Crippen LogP contribution in [-0.2, 0) is 5.41 Å². The molecule has 0 unspecified atom stereocenters. The molecule has 3 N–H and O–H groups in total. The van der Waals surface area contributed by atoms with E-state index in [0.29, 0.717) is 18.1 Å². The van der Waals surface area contributed by atoms with Gasteiger partial charge in [-0.05, 0) is 37.1 Å². The Kier molecular flexibility index (Phi) is 4.87. The van der Waals surface area contributed by atoms with Crippen LogP contribution in [0.1, 0.15) is 41.1 Å². The molecule has 3 heterocycles. The van der Waals surface area contributed by atoms with Gasteiger partial charge >= 0.3 is 0 Å². The molecule has 9 nitrogen and oxygen atoms in total. The van der Waals surface area contributed by atoms with Crippen molar-refractivity contribution in [1.82, 2.24) is 25.1 Å². The summed E-state index contributed by atoms with van der Waals surface area (Å²) in [6, 6.07) is 8.01. The summed E-state index contributed by atoms with van der Waals surface area (Å²) in [5.41, 5.74) is 0.271. The number of aromatic nitrogens is 5. The number of nitriles is 1. The largest absolute Gasteiger partial charge is 0.368 e. The number of nitrogens with zero attached hydrogens (tertiary/aromatic N) is 5. The molecule has 0 aromatic carbocycles. The molecule has 0 radical (unpaired) electrons. The third-order valence-electron chi connectivity index (χ3n) is 5.06. The van der Waals surface area contributed by atoms with Gasteiger partial charge in [0.05, 0.1) is 12.0 Å². The fraction of sp³-hybridized carbons (Fsp3) is 0.263. The average molecular weight is 392 g/mol. The van der Waals surface area contributed by atoms with Gasteiger partial charge in [0.1, 0.15) is 23.5 Å². The zero-order valence-electron chi connectivity index (χ0n) is 15.3. The lowest BCUT2D eigenvalue weighted by molar-refractivity contribution is 0.102. The van der Waals surface area contributed by atoms with Gasteiger partial charge in [-0.15, -0.1) is 10.2 Å². The second-order valence-electron chi connectivity index (χ2n) is 6.82. The maximum absolute atomic E-state index is 14.2. The van der Waals surface area contributed by atoms with Crippen LogP contribution in [0.5, 0.6) is 0 Å². The van der Waals surface area contributed by atoms with Crippen molar-refractivity contribution in [2.24, 2.45) is 0 Å². The minimum Gasteiger partial charge on any atom is -0.368 e. The number of nitrogens with one attached hydrogen (secondary N) is 3. The van der Waals surface area contributed by atoms with Crippen molar-refractivity contribution in [2.75, 3.05) is 17.2 Å². The van der Waals surface area contributed by atoms with Crippen LogP contribution in [0.4, 0.5) is 16.0 Å². The smallest absolute Gasteiger partial charge is 0.277 e.